The SMILES string of the molecule is CCNc1cc(C)nc(CN2CCC(CC)C2)n1. The van der Waals surface area contributed by atoms with Gasteiger partial charge in [-0.1, -0.05) is 13.3 Å². The lowest BCUT2D eigenvalue weighted by atomic mass is 10.1. The molecule has 4 heteroatoms. The van der Waals surface area contributed by atoms with Gasteiger partial charge in [-0.25, -0.2) is 9.97 Å². The standard InChI is InChI=1S/C14H24N4/c1-4-12-6-7-18(9-12)10-14-16-11(3)8-13(17-14)15-5-2/h8,12H,4-7,9-10H2,1-3H3,(H,15,16,17). The molecule has 1 N–H and O–H groups in total. The quantitative estimate of drug-likeness (QED) is 0.869. The molecule has 4 nitrogen and oxygen atoms in total. The van der Waals surface area contributed by atoms with E-state index in [4.69, 9.17) is 0 Å². The summed E-state index contributed by atoms with van der Waals surface area (Å²) < 4.78 is 0. The average molecular weight is 248 g/mol. The third-order valence-electron chi connectivity index (χ3n) is 3.57. The first-order chi connectivity index (χ1) is 8.71. The Kier molecular flexibility index (Phi) is 4.53. The highest BCUT2D eigenvalue weighted by Gasteiger charge is 2.21. The Morgan fingerprint density at radius 1 is 1.39 bits per heavy atom. The van der Waals surface area contributed by atoms with Crippen LogP contribution in [0, 0.1) is 12.8 Å². The fraction of sp³-hybridized carbons (Fsp3) is 0.714. The van der Waals surface area contributed by atoms with E-state index in [0.717, 1.165) is 36.3 Å². The van der Waals surface area contributed by atoms with E-state index in [1.165, 1.54) is 25.9 Å². The van der Waals surface area contributed by atoms with Gasteiger partial charge < -0.3 is 5.32 Å². The van der Waals surface area contributed by atoms with E-state index >= 15 is 0 Å². The molecule has 2 rings (SSSR count). The predicted octanol–water partition coefficient (Wildman–Crippen LogP) is 2.45. The lowest BCUT2D eigenvalue weighted by Crippen LogP contribution is -2.22. The van der Waals surface area contributed by atoms with Gasteiger partial charge in [0.2, 0.25) is 0 Å². The first kappa shape index (κ1) is 13.3. The van der Waals surface area contributed by atoms with E-state index in [9.17, 15) is 0 Å². The van der Waals surface area contributed by atoms with Crippen molar-refractivity contribution in [2.45, 2.75) is 40.2 Å². The second-order valence-electron chi connectivity index (χ2n) is 5.14. The molecule has 1 atom stereocenters. The van der Waals surface area contributed by atoms with Crippen LogP contribution in [0.2, 0.25) is 0 Å². The van der Waals surface area contributed by atoms with Crippen LogP contribution in [0.15, 0.2) is 6.07 Å². The smallest absolute Gasteiger partial charge is 0.144 e. The molecule has 0 aromatic carbocycles. The Morgan fingerprint density at radius 2 is 2.22 bits per heavy atom. The first-order valence-corrected chi connectivity index (χ1v) is 7.02. The predicted molar refractivity (Wildman–Crippen MR) is 74.6 cm³/mol. The van der Waals surface area contributed by atoms with Crippen molar-refractivity contribution in [1.29, 1.82) is 0 Å². The number of aryl methyl sites for hydroxylation is 1. The van der Waals surface area contributed by atoms with Crippen LogP contribution in [0.1, 0.15) is 38.2 Å². The number of likely N-dealkylation sites (tertiary alicyclic amines) is 1. The van der Waals surface area contributed by atoms with Crippen LogP contribution >= 0.6 is 0 Å². The van der Waals surface area contributed by atoms with Gasteiger partial charge >= 0.3 is 0 Å². The van der Waals surface area contributed by atoms with Crippen LogP contribution in [0.5, 0.6) is 0 Å². The van der Waals surface area contributed by atoms with Gasteiger partial charge in [-0.05, 0) is 32.7 Å². The summed E-state index contributed by atoms with van der Waals surface area (Å²) in [7, 11) is 0. The molecule has 18 heavy (non-hydrogen) atoms. The molecule has 1 fully saturated rings. The van der Waals surface area contributed by atoms with Gasteiger partial charge in [0.25, 0.3) is 0 Å². The lowest BCUT2D eigenvalue weighted by molar-refractivity contribution is 0.307. The van der Waals surface area contributed by atoms with Gasteiger partial charge in [0.05, 0.1) is 6.54 Å². The second-order valence-corrected chi connectivity index (χ2v) is 5.14. The topological polar surface area (TPSA) is 41.1 Å². The molecule has 1 aromatic rings. The van der Waals surface area contributed by atoms with Crippen molar-refractivity contribution in [3.8, 4) is 0 Å². The molecule has 0 radical (unpaired) electrons. The number of anilines is 1. The van der Waals surface area contributed by atoms with Crippen LogP contribution in [-0.2, 0) is 6.54 Å². The zero-order valence-electron chi connectivity index (χ0n) is 11.7. The summed E-state index contributed by atoms with van der Waals surface area (Å²) in [5, 5.41) is 3.26. The van der Waals surface area contributed by atoms with Gasteiger partial charge in [-0.15, -0.1) is 0 Å². The Labute approximate surface area is 110 Å². The molecule has 2 heterocycles. The minimum absolute atomic E-state index is 0.864. The van der Waals surface area contributed by atoms with Crippen LogP contribution in [0.4, 0.5) is 5.82 Å². The number of aromatic nitrogens is 2. The number of rotatable bonds is 5. The molecular formula is C14H24N4. The van der Waals surface area contributed by atoms with E-state index in [1.54, 1.807) is 0 Å². The Hall–Kier alpha value is -1.16. The highest BCUT2D eigenvalue weighted by Crippen LogP contribution is 2.20. The van der Waals surface area contributed by atoms with Crippen molar-refractivity contribution in [3.05, 3.63) is 17.6 Å². The fourth-order valence-corrected chi connectivity index (χ4v) is 2.56. The summed E-state index contributed by atoms with van der Waals surface area (Å²) in [6, 6.07) is 2.01. The summed E-state index contributed by atoms with van der Waals surface area (Å²) >= 11 is 0. The number of nitrogens with zero attached hydrogens (tertiary/aromatic N) is 3. The van der Waals surface area contributed by atoms with Gasteiger partial charge in [0, 0.05) is 24.8 Å². The largest absolute Gasteiger partial charge is 0.370 e. The molecule has 1 aliphatic rings. The van der Waals surface area contributed by atoms with Crippen molar-refractivity contribution in [3.63, 3.8) is 0 Å². The normalized spacial score (nSPS) is 20.3. The maximum absolute atomic E-state index is 4.57. The molecule has 1 unspecified atom stereocenters. The molecule has 1 aromatic heterocycles. The second kappa shape index (κ2) is 6.14. The van der Waals surface area contributed by atoms with E-state index in [-0.39, 0.29) is 0 Å². The van der Waals surface area contributed by atoms with Gasteiger partial charge in [-0.2, -0.15) is 0 Å². The van der Waals surface area contributed by atoms with E-state index < -0.39 is 0 Å². The van der Waals surface area contributed by atoms with Crippen LogP contribution in [-0.4, -0.2) is 34.5 Å². The van der Waals surface area contributed by atoms with Crippen molar-refractivity contribution < 1.29 is 0 Å². The molecular weight excluding hydrogens is 224 g/mol. The third kappa shape index (κ3) is 3.42. The first-order valence-electron chi connectivity index (χ1n) is 7.02. The summed E-state index contributed by atoms with van der Waals surface area (Å²) in [6.45, 7) is 10.6. The summed E-state index contributed by atoms with van der Waals surface area (Å²) in [4.78, 5) is 11.6. The number of hydrogen-bond donors (Lipinski definition) is 1. The lowest BCUT2D eigenvalue weighted by Gasteiger charge is -2.15. The van der Waals surface area contributed by atoms with Gasteiger partial charge in [0.1, 0.15) is 11.6 Å². The third-order valence-corrected chi connectivity index (χ3v) is 3.57. The Bertz CT molecular complexity index is 391. The minimum Gasteiger partial charge on any atom is -0.370 e. The van der Waals surface area contributed by atoms with Crippen LogP contribution in [0.25, 0.3) is 0 Å². The molecule has 100 valence electrons. The van der Waals surface area contributed by atoms with E-state index in [1.807, 2.05) is 13.0 Å². The number of hydrogen-bond acceptors (Lipinski definition) is 4. The molecule has 0 bridgehead atoms. The van der Waals surface area contributed by atoms with Gasteiger partial charge in [0.15, 0.2) is 0 Å². The van der Waals surface area contributed by atoms with E-state index in [0.29, 0.717) is 0 Å². The molecule has 1 aliphatic heterocycles. The number of nitrogens with one attached hydrogen (secondary N) is 1. The molecule has 0 spiro atoms. The maximum atomic E-state index is 4.57. The monoisotopic (exact) mass is 248 g/mol. The van der Waals surface area contributed by atoms with Crippen LogP contribution < -0.4 is 5.32 Å². The summed E-state index contributed by atoms with van der Waals surface area (Å²) in [5.74, 6) is 2.76. The molecule has 0 aliphatic carbocycles. The van der Waals surface area contributed by atoms with Crippen molar-refractivity contribution in [1.82, 2.24) is 14.9 Å². The Balaban J connectivity index is 2.00. The highest BCUT2D eigenvalue weighted by atomic mass is 15.2. The van der Waals surface area contributed by atoms with Crippen molar-refractivity contribution >= 4 is 5.82 Å². The maximum Gasteiger partial charge on any atom is 0.144 e. The average Bonchev–Trinajstić information content (AvgIpc) is 2.76. The fourth-order valence-electron chi connectivity index (χ4n) is 2.56. The minimum atomic E-state index is 0.864. The summed E-state index contributed by atoms with van der Waals surface area (Å²) in [6.07, 6.45) is 2.61. The highest BCUT2D eigenvalue weighted by molar-refractivity contribution is 5.35. The van der Waals surface area contributed by atoms with Crippen molar-refractivity contribution in [2.24, 2.45) is 5.92 Å². The zero-order valence-corrected chi connectivity index (χ0v) is 11.7. The molecule has 0 amide bonds. The van der Waals surface area contributed by atoms with Crippen molar-refractivity contribution in [2.75, 3.05) is 25.0 Å². The van der Waals surface area contributed by atoms with Gasteiger partial charge in [-0.3, -0.25) is 4.90 Å². The van der Waals surface area contributed by atoms with Crippen LogP contribution in [0.3, 0.4) is 0 Å². The van der Waals surface area contributed by atoms with E-state index in [2.05, 4.69) is 34.0 Å². The Morgan fingerprint density at radius 3 is 2.89 bits per heavy atom. The molecule has 1 saturated heterocycles. The molecule has 0 saturated carbocycles. The summed E-state index contributed by atoms with van der Waals surface area (Å²) in [5.41, 5.74) is 1.04. The zero-order chi connectivity index (χ0) is 13.0.